The van der Waals surface area contributed by atoms with Crippen LogP contribution in [0.1, 0.15) is 18.1 Å². The molecule has 0 N–H and O–H groups in total. The van der Waals surface area contributed by atoms with Crippen molar-refractivity contribution >= 4 is 28.3 Å². The molecule has 0 aliphatic carbocycles. The van der Waals surface area contributed by atoms with Gasteiger partial charge in [0.1, 0.15) is 6.29 Å². The minimum atomic E-state index is 0.728. The molecule has 2 heteroatoms. The Balaban J connectivity index is 3.16. The summed E-state index contributed by atoms with van der Waals surface area (Å²) in [5.74, 6) is 0. The van der Waals surface area contributed by atoms with Crippen LogP contribution in [0, 0.1) is 6.92 Å². The molecule has 0 heterocycles. The maximum Gasteiger partial charge on any atom is 0.145 e. The predicted molar refractivity (Wildman–Crippen MR) is 58.6 cm³/mol. The summed E-state index contributed by atoms with van der Waals surface area (Å²) < 4.78 is 1.05. The Bertz CT molecular complexity index is 353. The Morgan fingerprint density at radius 3 is 2.77 bits per heavy atom. The van der Waals surface area contributed by atoms with Crippen molar-refractivity contribution in [1.29, 1.82) is 0 Å². The highest BCUT2D eigenvalue weighted by atomic mass is 79.9. The molecule has 13 heavy (non-hydrogen) atoms. The summed E-state index contributed by atoms with van der Waals surface area (Å²) in [5.41, 5.74) is 2.95. The van der Waals surface area contributed by atoms with Gasteiger partial charge in [-0.15, -0.1) is 0 Å². The Hall–Kier alpha value is -0.890. The van der Waals surface area contributed by atoms with Crippen molar-refractivity contribution in [3.63, 3.8) is 0 Å². The van der Waals surface area contributed by atoms with Gasteiger partial charge in [-0.2, -0.15) is 0 Å². The smallest absolute Gasteiger partial charge is 0.145 e. The normalized spacial score (nSPS) is 11.5. The average molecular weight is 239 g/mol. The van der Waals surface area contributed by atoms with Crippen molar-refractivity contribution in [3.8, 4) is 0 Å². The second kappa shape index (κ2) is 4.38. The molecule has 0 aliphatic heterocycles. The maximum atomic E-state index is 10.4. The first kappa shape index (κ1) is 10.2. The van der Waals surface area contributed by atoms with Gasteiger partial charge >= 0.3 is 0 Å². The predicted octanol–water partition coefficient (Wildman–Crippen LogP) is 3.36. The summed E-state index contributed by atoms with van der Waals surface area (Å²) >= 11 is 3.48. The average Bonchev–Trinajstić information content (AvgIpc) is 2.13. The fraction of sp³-hybridized carbons (Fsp3) is 0.182. The molecular weight excluding hydrogens is 228 g/mol. The number of halogens is 1. The van der Waals surface area contributed by atoms with Crippen molar-refractivity contribution in [1.82, 2.24) is 0 Å². The van der Waals surface area contributed by atoms with Crippen LogP contribution < -0.4 is 0 Å². The summed E-state index contributed by atoms with van der Waals surface area (Å²) in [5, 5.41) is 0. The van der Waals surface area contributed by atoms with Gasteiger partial charge in [0.25, 0.3) is 0 Å². The Morgan fingerprint density at radius 1 is 1.46 bits per heavy atom. The second-order valence-electron chi connectivity index (χ2n) is 2.98. The number of carbonyl (C=O) groups excluding carboxylic acids is 1. The molecule has 0 fully saturated rings. The standard InChI is InChI=1S/C11H11BrO/c1-8(7-13)6-10-5-3-4-9(2)11(10)12/h3-7H,1-2H3/b8-6+. The van der Waals surface area contributed by atoms with Crippen LogP contribution in [-0.4, -0.2) is 6.29 Å². The van der Waals surface area contributed by atoms with E-state index in [9.17, 15) is 4.79 Å². The second-order valence-corrected chi connectivity index (χ2v) is 3.78. The van der Waals surface area contributed by atoms with Crippen LogP contribution in [-0.2, 0) is 4.79 Å². The molecule has 0 saturated heterocycles. The fourth-order valence-corrected chi connectivity index (χ4v) is 1.44. The molecule has 0 spiro atoms. The van der Waals surface area contributed by atoms with E-state index in [1.54, 1.807) is 6.92 Å². The van der Waals surface area contributed by atoms with Crippen molar-refractivity contribution in [2.75, 3.05) is 0 Å². The van der Waals surface area contributed by atoms with E-state index in [1.165, 1.54) is 5.56 Å². The number of benzene rings is 1. The Kier molecular flexibility index (Phi) is 3.43. The van der Waals surface area contributed by atoms with Crippen LogP contribution in [0.5, 0.6) is 0 Å². The number of carbonyl (C=O) groups is 1. The lowest BCUT2D eigenvalue weighted by Crippen LogP contribution is -1.82. The lowest BCUT2D eigenvalue weighted by Gasteiger charge is -2.02. The minimum Gasteiger partial charge on any atom is -0.298 e. The van der Waals surface area contributed by atoms with E-state index in [4.69, 9.17) is 0 Å². The monoisotopic (exact) mass is 238 g/mol. The van der Waals surface area contributed by atoms with Gasteiger partial charge < -0.3 is 0 Å². The highest BCUT2D eigenvalue weighted by Gasteiger charge is 1.99. The van der Waals surface area contributed by atoms with Crippen molar-refractivity contribution in [3.05, 3.63) is 39.4 Å². The summed E-state index contributed by atoms with van der Waals surface area (Å²) in [4.78, 5) is 10.4. The minimum absolute atomic E-state index is 0.728. The van der Waals surface area contributed by atoms with E-state index in [0.717, 1.165) is 21.9 Å². The van der Waals surface area contributed by atoms with Crippen LogP contribution in [0.15, 0.2) is 28.2 Å². The number of aldehydes is 1. The first-order valence-corrected chi connectivity index (χ1v) is 4.83. The molecule has 0 amide bonds. The van der Waals surface area contributed by atoms with Gasteiger partial charge in [0.2, 0.25) is 0 Å². The third-order valence-corrected chi connectivity index (χ3v) is 2.87. The number of aryl methyl sites for hydroxylation is 1. The molecule has 0 bridgehead atoms. The van der Waals surface area contributed by atoms with E-state index in [-0.39, 0.29) is 0 Å². The lowest BCUT2D eigenvalue weighted by atomic mass is 10.1. The van der Waals surface area contributed by atoms with E-state index < -0.39 is 0 Å². The first-order chi connectivity index (χ1) is 6.15. The molecule has 0 radical (unpaired) electrons. The molecule has 1 nitrogen and oxygen atoms in total. The molecule has 0 unspecified atom stereocenters. The van der Waals surface area contributed by atoms with Crippen LogP contribution in [0.4, 0.5) is 0 Å². The van der Waals surface area contributed by atoms with Gasteiger partial charge in [0.05, 0.1) is 0 Å². The van der Waals surface area contributed by atoms with Gasteiger partial charge in [-0.3, -0.25) is 4.79 Å². The molecule has 0 saturated carbocycles. The first-order valence-electron chi connectivity index (χ1n) is 4.03. The van der Waals surface area contributed by atoms with Gasteiger partial charge in [-0.1, -0.05) is 18.2 Å². The fourth-order valence-electron chi connectivity index (χ4n) is 1.06. The van der Waals surface area contributed by atoms with Crippen LogP contribution in [0.2, 0.25) is 0 Å². The Labute approximate surface area is 86.6 Å². The topological polar surface area (TPSA) is 17.1 Å². The molecule has 1 aromatic carbocycles. The SMILES string of the molecule is C/C(C=O)=C\c1cccc(C)c1Br. The molecular formula is C11H11BrO. The van der Waals surface area contributed by atoms with Crippen molar-refractivity contribution in [2.24, 2.45) is 0 Å². The van der Waals surface area contributed by atoms with E-state index in [0.29, 0.717) is 0 Å². The number of rotatable bonds is 2. The quantitative estimate of drug-likeness (QED) is 0.571. The summed E-state index contributed by atoms with van der Waals surface area (Å²) in [6.45, 7) is 3.82. The van der Waals surface area contributed by atoms with Gasteiger partial charge in [-0.25, -0.2) is 0 Å². The van der Waals surface area contributed by atoms with Gasteiger partial charge in [0, 0.05) is 4.47 Å². The lowest BCUT2D eigenvalue weighted by molar-refractivity contribution is -0.104. The van der Waals surface area contributed by atoms with Crippen molar-refractivity contribution in [2.45, 2.75) is 13.8 Å². The highest BCUT2D eigenvalue weighted by Crippen LogP contribution is 2.22. The molecule has 68 valence electrons. The summed E-state index contributed by atoms with van der Waals surface area (Å²) in [6, 6.07) is 5.98. The maximum absolute atomic E-state index is 10.4. The zero-order valence-corrected chi connectivity index (χ0v) is 9.26. The van der Waals surface area contributed by atoms with Gasteiger partial charge in [0.15, 0.2) is 0 Å². The van der Waals surface area contributed by atoms with E-state index in [1.807, 2.05) is 31.2 Å². The van der Waals surface area contributed by atoms with E-state index >= 15 is 0 Å². The highest BCUT2D eigenvalue weighted by molar-refractivity contribution is 9.10. The zero-order chi connectivity index (χ0) is 9.84. The van der Waals surface area contributed by atoms with Crippen LogP contribution >= 0.6 is 15.9 Å². The number of hydrogen-bond donors (Lipinski definition) is 0. The van der Waals surface area contributed by atoms with E-state index in [2.05, 4.69) is 15.9 Å². The number of allylic oxidation sites excluding steroid dienone is 1. The zero-order valence-electron chi connectivity index (χ0n) is 7.67. The largest absolute Gasteiger partial charge is 0.298 e. The molecule has 1 rings (SSSR count). The molecule has 0 atom stereocenters. The molecule has 0 aliphatic rings. The van der Waals surface area contributed by atoms with Crippen LogP contribution in [0.3, 0.4) is 0 Å². The third kappa shape index (κ3) is 2.52. The molecule has 0 aromatic heterocycles. The summed E-state index contributed by atoms with van der Waals surface area (Å²) in [6.07, 6.45) is 2.72. The summed E-state index contributed by atoms with van der Waals surface area (Å²) in [7, 11) is 0. The number of hydrogen-bond acceptors (Lipinski definition) is 1. The van der Waals surface area contributed by atoms with Crippen molar-refractivity contribution < 1.29 is 4.79 Å². The molecule has 1 aromatic rings. The Morgan fingerprint density at radius 2 is 2.15 bits per heavy atom. The van der Waals surface area contributed by atoms with Crippen LogP contribution in [0.25, 0.3) is 6.08 Å². The third-order valence-electron chi connectivity index (χ3n) is 1.79. The van der Waals surface area contributed by atoms with Gasteiger partial charge in [-0.05, 0) is 52.6 Å².